The molecule has 0 saturated carbocycles. The largest absolute Gasteiger partial charge is 0.481 e. The van der Waals surface area contributed by atoms with Gasteiger partial charge in [0.2, 0.25) is 0 Å². The molecule has 1 heterocycles. The monoisotopic (exact) mass is 411 g/mol. The third-order valence-corrected chi connectivity index (χ3v) is 4.42. The molecule has 2 aromatic carbocycles. The Morgan fingerprint density at radius 3 is 2.52 bits per heavy atom. The highest BCUT2D eigenvalue weighted by Crippen LogP contribution is 2.20. The van der Waals surface area contributed by atoms with E-state index in [0.717, 1.165) is 16.5 Å². The molecule has 0 fully saturated rings. The number of hydrazine groups is 1. The third kappa shape index (κ3) is 5.32. The summed E-state index contributed by atoms with van der Waals surface area (Å²) in [5, 5.41) is 3.94. The Bertz CT molecular complexity index is 1110. The molecule has 1 amide bonds. The molecule has 1 unspecified atom stereocenters. The van der Waals surface area contributed by atoms with E-state index in [4.69, 9.17) is 21.4 Å². The Labute approximate surface area is 173 Å². The lowest BCUT2D eigenvalue weighted by atomic mass is 10.1. The Morgan fingerprint density at radius 2 is 1.79 bits per heavy atom. The van der Waals surface area contributed by atoms with Crippen molar-refractivity contribution in [3.63, 3.8) is 0 Å². The molecule has 0 saturated heterocycles. The fourth-order valence-corrected chi connectivity index (χ4v) is 2.83. The Morgan fingerprint density at radius 1 is 1.07 bits per heavy atom. The number of amides is 1. The minimum Gasteiger partial charge on any atom is -0.481 e. The molecule has 0 aliphatic rings. The van der Waals surface area contributed by atoms with Gasteiger partial charge in [0, 0.05) is 23.2 Å². The summed E-state index contributed by atoms with van der Waals surface area (Å²) in [6, 6.07) is 14.2. The summed E-state index contributed by atoms with van der Waals surface area (Å²) in [4.78, 5) is 23.7. The van der Waals surface area contributed by atoms with E-state index in [9.17, 15) is 9.59 Å². The van der Waals surface area contributed by atoms with Crippen molar-refractivity contribution in [2.75, 3.05) is 5.32 Å². The van der Waals surface area contributed by atoms with Gasteiger partial charge in [-0.05, 0) is 62.8 Å². The molecule has 3 aromatic rings. The zero-order valence-corrected chi connectivity index (χ0v) is 17.1. The van der Waals surface area contributed by atoms with Crippen LogP contribution in [0.5, 0.6) is 5.75 Å². The molecule has 150 valence electrons. The van der Waals surface area contributed by atoms with Gasteiger partial charge in [-0.2, -0.15) is 0 Å². The van der Waals surface area contributed by atoms with Gasteiger partial charge < -0.3 is 14.5 Å². The van der Waals surface area contributed by atoms with Crippen molar-refractivity contribution in [1.82, 2.24) is 10.9 Å². The standard InChI is InChI=1S/C21H21N3O4S/c1-12-4-7-16(8-5-12)27-14(3)20(26)23-24-21(29)22-15-6-9-17-13(2)10-19(25)28-18(17)11-15/h4-11,14H,1-3H3,(H,23,26)(H2,22,24,29). The fourth-order valence-electron chi connectivity index (χ4n) is 2.66. The number of ether oxygens (including phenoxy) is 1. The summed E-state index contributed by atoms with van der Waals surface area (Å²) in [7, 11) is 0. The predicted molar refractivity (Wildman–Crippen MR) is 116 cm³/mol. The first-order valence-electron chi connectivity index (χ1n) is 8.96. The van der Waals surface area contributed by atoms with Crippen molar-refractivity contribution in [2.24, 2.45) is 0 Å². The van der Waals surface area contributed by atoms with Crippen LogP contribution in [0.1, 0.15) is 18.1 Å². The molecular weight excluding hydrogens is 390 g/mol. The van der Waals surface area contributed by atoms with Crippen molar-refractivity contribution >= 4 is 39.9 Å². The first-order valence-corrected chi connectivity index (χ1v) is 9.37. The van der Waals surface area contributed by atoms with Crippen LogP contribution in [0.4, 0.5) is 5.69 Å². The van der Waals surface area contributed by atoms with Crippen LogP contribution >= 0.6 is 12.2 Å². The van der Waals surface area contributed by atoms with Gasteiger partial charge in [0.1, 0.15) is 11.3 Å². The Kier molecular flexibility index (Phi) is 6.13. The highest BCUT2D eigenvalue weighted by Gasteiger charge is 2.15. The van der Waals surface area contributed by atoms with Crippen LogP contribution in [0.3, 0.4) is 0 Å². The summed E-state index contributed by atoms with van der Waals surface area (Å²) < 4.78 is 10.8. The number of thiocarbonyl (C=S) groups is 1. The van der Waals surface area contributed by atoms with E-state index < -0.39 is 11.7 Å². The van der Waals surface area contributed by atoms with Gasteiger partial charge in [0.05, 0.1) is 0 Å². The number of carbonyl (C=O) groups is 1. The molecule has 3 N–H and O–H groups in total. The van der Waals surface area contributed by atoms with Crippen molar-refractivity contribution in [2.45, 2.75) is 26.9 Å². The van der Waals surface area contributed by atoms with E-state index in [1.54, 1.807) is 31.2 Å². The van der Waals surface area contributed by atoms with Crippen LogP contribution in [-0.2, 0) is 4.79 Å². The molecule has 0 spiro atoms. The SMILES string of the molecule is Cc1ccc(OC(C)C(=O)NNC(=S)Nc2ccc3c(C)cc(=O)oc3c2)cc1. The summed E-state index contributed by atoms with van der Waals surface area (Å²) in [6.07, 6.45) is -0.717. The van der Waals surface area contributed by atoms with E-state index in [-0.39, 0.29) is 11.0 Å². The third-order valence-electron chi connectivity index (χ3n) is 4.21. The van der Waals surface area contributed by atoms with Crippen LogP contribution in [0, 0.1) is 13.8 Å². The second kappa shape index (κ2) is 8.74. The van der Waals surface area contributed by atoms with Crippen molar-refractivity contribution in [3.05, 3.63) is 70.1 Å². The average molecular weight is 411 g/mol. The molecule has 29 heavy (non-hydrogen) atoms. The zero-order valence-electron chi connectivity index (χ0n) is 16.2. The predicted octanol–water partition coefficient (Wildman–Crippen LogP) is 3.19. The maximum Gasteiger partial charge on any atom is 0.336 e. The summed E-state index contributed by atoms with van der Waals surface area (Å²) in [5.41, 5.74) is 7.71. The summed E-state index contributed by atoms with van der Waals surface area (Å²) >= 11 is 5.19. The number of hydrogen-bond donors (Lipinski definition) is 3. The Balaban J connectivity index is 1.55. The molecule has 1 atom stereocenters. The smallest absolute Gasteiger partial charge is 0.336 e. The number of hydrogen-bond acceptors (Lipinski definition) is 5. The van der Waals surface area contributed by atoms with Gasteiger partial charge in [-0.1, -0.05) is 17.7 Å². The van der Waals surface area contributed by atoms with Gasteiger partial charge in [0.25, 0.3) is 5.91 Å². The van der Waals surface area contributed by atoms with Gasteiger partial charge in [-0.25, -0.2) is 4.79 Å². The fraction of sp³-hybridized carbons (Fsp3) is 0.190. The zero-order chi connectivity index (χ0) is 21.0. The van der Waals surface area contributed by atoms with E-state index >= 15 is 0 Å². The van der Waals surface area contributed by atoms with E-state index in [0.29, 0.717) is 17.0 Å². The van der Waals surface area contributed by atoms with Gasteiger partial charge in [-0.15, -0.1) is 0 Å². The molecule has 0 aliphatic carbocycles. The van der Waals surface area contributed by atoms with Crippen LogP contribution in [-0.4, -0.2) is 17.1 Å². The number of rotatable bonds is 4. The molecule has 7 nitrogen and oxygen atoms in total. The molecule has 0 radical (unpaired) electrons. The summed E-state index contributed by atoms with van der Waals surface area (Å²) in [5.74, 6) is 0.224. The first-order chi connectivity index (χ1) is 13.8. The molecule has 8 heteroatoms. The van der Waals surface area contributed by atoms with E-state index in [2.05, 4.69) is 16.2 Å². The van der Waals surface area contributed by atoms with Crippen molar-refractivity contribution in [1.29, 1.82) is 0 Å². The van der Waals surface area contributed by atoms with Gasteiger partial charge >= 0.3 is 5.63 Å². The lowest BCUT2D eigenvalue weighted by molar-refractivity contribution is -0.127. The molecule has 3 rings (SSSR count). The highest BCUT2D eigenvalue weighted by atomic mass is 32.1. The van der Waals surface area contributed by atoms with Crippen LogP contribution in [0.15, 0.2) is 57.7 Å². The lowest BCUT2D eigenvalue weighted by Crippen LogP contribution is -2.48. The molecular formula is C21H21N3O4S. The number of fused-ring (bicyclic) bond motifs is 1. The number of aryl methyl sites for hydroxylation is 2. The number of benzene rings is 2. The Hall–Kier alpha value is -3.39. The minimum absolute atomic E-state index is 0.176. The van der Waals surface area contributed by atoms with Gasteiger partial charge in [-0.3, -0.25) is 15.6 Å². The summed E-state index contributed by atoms with van der Waals surface area (Å²) in [6.45, 7) is 5.46. The van der Waals surface area contributed by atoms with E-state index in [1.165, 1.54) is 6.07 Å². The number of nitrogens with one attached hydrogen (secondary N) is 3. The first kappa shape index (κ1) is 20.3. The van der Waals surface area contributed by atoms with Crippen molar-refractivity contribution < 1.29 is 13.9 Å². The molecule has 1 aromatic heterocycles. The normalized spacial score (nSPS) is 11.6. The topological polar surface area (TPSA) is 92.6 Å². The quantitative estimate of drug-likeness (QED) is 0.345. The lowest BCUT2D eigenvalue weighted by Gasteiger charge is -2.16. The minimum atomic E-state index is -0.717. The molecule has 0 aliphatic heterocycles. The van der Waals surface area contributed by atoms with Crippen LogP contribution < -0.4 is 26.5 Å². The average Bonchev–Trinajstić information content (AvgIpc) is 2.67. The van der Waals surface area contributed by atoms with Crippen LogP contribution in [0.2, 0.25) is 0 Å². The van der Waals surface area contributed by atoms with Gasteiger partial charge in [0.15, 0.2) is 11.2 Å². The maximum absolute atomic E-state index is 12.2. The maximum atomic E-state index is 12.2. The number of anilines is 1. The highest BCUT2D eigenvalue weighted by molar-refractivity contribution is 7.80. The second-order valence-corrected chi connectivity index (χ2v) is 7.01. The van der Waals surface area contributed by atoms with Crippen molar-refractivity contribution in [3.8, 4) is 5.75 Å². The second-order valence-electron chi connectivity index (χ2n) is 6.60. The molecule has 0 bridgehead atoms. The van der Waals surface area contributed by atoms with E-state index in [1.807, 2.05) is 32.0 Å². The van der Waals surface area contributed by atoms with Crippen LogP contribution in [0.25, 0.3) is 11.0 Å². The number of carbonyl (C=O) groups excluding carboxylic acids is 1.